The molecule has 1 heteroatoms. The van der Waals surface area contributed by atoms with Crippen LogP contribution >= 0.6 is 0 Å². The lowest BCUT2D eigenvalue weighted by atomic mass is 9.87. The van der Waals surface area contributed by atoms with Crippen LogP contribution in [0.4, 0.5) is 0 Å². The first kappa shape index (κ1) is 13.4. The third-order valence-corrected chi connectivity index (χ3v) is 4.08. The van der Waals surface area contributed by atoms with Crippen LogP contribution in [0.1, 0.15) is 45.1 Å². The molecule has 98 valence electrons. The predicted molar refractivity (Wildman–Crippen MR) is 79.6 cm³/mol. The SMILES string of the molecule is CC(C)N(C)C1CCCC/C1=C\c1ccccc1. The van der Waals surface area contributed by atoms with Crippen molar-refractivity contribution in [3.63, 3.8) is 0 Å². The minimum atomic E-state index is 0.618. The zero-order valence-corrected chi connectivity index (χ0v) is 11.9. The lowest BCUT2D eigenvalue weighted by Gasteiger charge is -2.36. The summed E-state index contributed by atoms with van der Waals surface area (Å²) in [5.41, 5.74) is 2.96. The van der Waals surface area contributed by atoms with Gasteiger partial charge in [0.2, 0.25) is 0 Å². The van der Waals surface area contributed by atoms with Gasteiger partial charge in [0.25, 0.3) is 0 Å². The molecule has 0 saturated heterocycles. The second-order valence-corrected chi connectivity index (χ2v) is 5.65. The quantitative estimate of drug-likeness (QED) is 0.762. The van der Waals surface area contributed by atoms with Gasteiger partial charge in [-0.05, 0) is 45.7 Å². The van der Waals surface area contributed by atoms with E-state index in [4.69, 9.17) is 0 Å². The molecule has 1 saturated carbocycles. The molecule has 1 atom stereocenters. The molecular formula is C17H25N. The average molecular weight is 243 g/mol. The molecule has 1 nitrogen and oxygen atoms in total. The first-order chi connectivity index (χ1) is 8.68. The molecule has 0 amide bonds. The van der Waals surface area contributed by atoms with Crippen molar-refractivity contribution in [1.29, 1.82) is 0 Å². The number of nitrogens with zero attached hydrogens (tertiary/aromatic N) is 1. The van der Waals surface area contributed by atoms with Crippen molar-refractivity contribution in [1.82, 2.24) is 4.90 Å². The van der Waals surface area contributed by atoms with E-state index in [1.165, 1.54) is 31.2 Å². The summed E-state index contributed by atoms with van der Waals surface area (Å²) in [6.07, 6.45) is 7.70. The van der Waals surface area contributed by atoms with Gasteiger partial charge in [-0.1, -0.05) is 48.4 Å². The average Bonchev–Trinajstić information content (AvgIpc) is 2.39. The highest BCUT2D eigenvalue weighted by atomic mass is 15.1. The van der Waals surface area contributed by atoms with Gasteiger partial charge in [-0.25, -0.2) is 0 Å². The molecule has 0 N–H and O–H groups in total. The molecule has 18 heavy (non-hydrogen) atoms. The summed E-state index contributed by atoms with van der Waals surface area (Å²) in [4.78, 5) is 2.52. The van der Waals surface area contributed by atoms with E-state index in [1.54, 1.807) is 5.57 Å². The molecule has 0 aromatic heterocycles. The van der Waals surface area contributed by atoms with Crippen LogP contribution < -0.4 is 0 Å². The smallest absolute Gasteiger partial charge is 0.0310 e. The summed E-state index contributed by atoms with van der Waals surface area (Å²) in [5.74, 6) is 0. The van der Waals surface area contributed by atoms with E-state index in [0.29, 0.717) is 12.1 Å². The molecule has 1 fully saturated rings. The van der Waals surface area contributed by atoms with E-state index in [2.05, 4.69) is 62.2 Å². The minimum Gasteiger partial charge on any atom is -0.297 e. The minimum absolute atomic E-state index is 0.618. The van der Waals surface area contributed by atoms with E-state index >= 15 is 0 Å². The van der Waals surface area contributed by atoms with Crippen LogP contribution in [0.2, 0.25) is 0 Å². The summed E-state index contributed by atoms with van der Waals surface area (Å²) in [7, 11) is 2.26. The van der Waals surface area contributed by atoms with Gasteiger partial charge >= 0.3 is 0 Å². The largest absolute Gasteiger partial charge is 0.297 e. The van der Waals surface area contributed by atoms with Crippen LogP contribution in [0.3, 0.4) is 0 Å². The van der Waals surface area contributed by atoms with Crippen LogP contribution in [0.25, 0.3) is 6.08 Å². The van der Waals surface area contributed by atoms with Crippen molar-refractivity contribution in [3.8, 4) is 0 Å². The molecule has 0 heterocycles. The molecular weight excluding hydrogens is 218 g/mol. The van der Waals surface area contributed by atoms with E-state index < -0.39 is 0 Å². The lowest BCUT2D eigenvalue weighted by Crippen LogP contribution is -2.39. The number of benzene rings is 1. The number of rotatable bonds is 3. The Morgan fingerprint density at radius 3 is 2.56 bits per heavy atom. The first-order valence-corrected chi connectivity index (χ1v) is 7.16. The fourth-order valence-corrected chi connectivity index (χ4v) is 2.78. The van der Waals surface area contributed by atoms with Crippen molar-refractivity contribution in [3.05, 3.63) is 41.5 Å². The third kappa shape index (κ3) is 3.23. The Morgan fingerprint density at radius 2 is 1.89 bits per heavy atom. The van der Waals surface area contributed by atoms with Gasteiger partial charge in [0.1, 0.15) is 0 Å². The van der Waals surface area contributed by atoms with E-state index in [9.17, 15) is 0 Å². The maximum absolute atomic E-state index is 2.52. The molecule has 0 radical (unpaired) electrons. The Morgan fingerprint density at radius 1 is 1.17 bits per heavy atom. The van der Waals surface area contributed by atoms with Crippen molar-refractivity contribution >= 4 is 6.08 Å². The van der Waals surface area contributed by atoms with Gasteiger partial charge in [-0.2, -0.15) is 0 Å². The summed E-state index contributed by atoms with van der Waals surface area (Å²) in [6.45, 7) is 4.57. The monoisotopic (exact) mass is 243 g/mol. The Labute approximate surface area is 112 Å². The predicted octanol–water partition coefficient (Wildman–Crippen LogP) is 4.35. The molecule has 1 unspecified atom stereocenters. The summed E-state index contributed by atoms with van der Waals surface area (Å²) in [6, 6.07) is 12.0. The van der Waals surface area contributed by atoms with Gasteiger partial charge in [-0.3, -0.25) is 4.90 Å². The van der Waals surface area contributed by atoms with Gasteiger partial charge in [-0.15, -0.1) is 0 Å². The van der Waals surface area contributed by atoms with Gasteiger partial charge in [0.15, 0.2) is 0 Å². The van der Waals surface area contributed by atoms with Crippen LogP contribution in [0.15, 0.2) is 35.9 Å². The molecule has 0 spiro atoms. The molecule has 1 aliphatic carbocycles. The molecule has 0 aliphatic heterocycles. The van der Waals surface area contributed by atoms with Crippen LogP contribution in [0, 0.1) is 0 Å². The van der Waals surface area contributed by atoms with Crippen LogP contribution in [-0.2, 0) is 0 Å². The maximum Gasteiger partial charge on any atom is 0.0310 e. The lowest BCUT2D eigenvalue weighted by molar-refractivity contribution is 0.195. The van der Waals surface area contributed by atoms with Gasteiger partial charge < -0.3 is 0 Å². The number of likely N-dealkylation sites (N-methyl/N-ethyl adjacent to an activating group) is 1. The Balaban J connectivity index is 2.20. The van der Waals surface area contributed by atoms with E-state index in [1.807, 2.05) is 0 Å². The second-order valence-electron chi connectivity index (χ2n) is 5.65. The Kier molecular flexibility index (Phi) is 4.60. The van der Waals surface area contributed by atoms with Crippen molar-refractivity contribution < 1.29 is 0 Å². The Bertz CT molecular complexity index is 391. The topological polar surface area (TPSA) is 3.24 Å². The van der Waals surface area contributed by atoms with Crippen LogP contribution in [0.5, 0.6) is 0 Å². The summed E-state index contributed by atoms with van der Waals surface area (Å²) in [5, 5.41) is 0. The second kappa shape index (κ2) is 6.19. The third-order valence-electron chi connectivity index (χ3n) is 4.08. The fourth-order valence-electron chi connectivity index (χ4n) is 2.78. The Hall–Kier alpha value is -1.08. The van der Waals surface area contributed by atoms with Crippen molar-refractivity contribution in [2.45, 2.75) is 51.6 Å². The number of hydrogen-bond donors (Lipinski definition) is 0. The van der Waals surface area contributed by atoms with Crippen molar-refractivity contribution in [2.24, 2.45) is 0 Å². The van der Waals surface area contributed by atoms with E-state index in [-0.39, 0.29) is 0 Å². The standard InChI is InChI=1S/C17H25N/c1-14(2)18(3)17-12-8-7-11-16(17)13-15-9-5-4-6-10-15/h4-6,9-10,13-14,17H,7-8,11-12H2,1-3H3/b16-13+. The van der Waals surface area contributed by atoms with Gasteiger partial charge in [0.05, 0.1) is 0 Å². The molecule has 0 bridgehead atoms. The highest BCUT2D eigenvalue weighted by molar-refractivity contribution is 5.54. The van der Waals surface area contributed by atoms with E-state index in [0.717, 1.165) is 0 Å². The maximum atomic E-state index is 2.52. The zero-order chi connectivity index (χ0) is 13.0. The highest BCUT2D eigenvalue weighted by Crippen LogP contribution is 2.29. The molecule has 1 aliphatic rings. The van der Waals surface area contributed by atoms with Gasteiger partial charge in [0, 0.05) is 12.1 Å². The normalized spacial score (nSPS) is 22.9. The molecule has 1 aromatic carbocycles. The highest BCUT2D eigenvalue weighted by Gasteiger charge is 2.24. The number of hydrogen-bond acceptors (Lipinski definition) is 1. The first-order valence-electron chi connectivity index (χ1n) is 7.16. The zero-order valence-electron chi connectivity index (χ0n) is 11.9. The fraction of sp³-hybridized carbons (Fsp3) is 0.529. The van der Waals surface area contributed by atoms with Crippen molar-refractivity contribution in [2.75, 3.05) is 7.05 Å². The summed E-state index contributed by atoms with van der Waals surface area (Å²) >= 11 is 0. The van der Waals surface area contributed by atoms with Crippen LogP contribution in [-0.4, -0.2) is 24.0 Å². The molecule has 2 rings (SSSR count). The summed E-state index contributed by atoms with van der Waals surface area (Å²) < 4.78 is 0. The molecule has 1 aromatic rings.